The predicted molar refractivity (Wildman–Crippen MR) is 84.7 cm³/mol. The molecule has 1 saturated heterocycles. The Balaban J connectivity index is 1.97. The van der Waals surface area contributed by atoms with Gasteiger partial charge in [-0.05, 0) is 19.1 Å². The molecule has 22 heavy (non-hydrogen) atoms. The number of carbonyl (C=O) groups excluding carboxylic acids is 1. The van der Waals surface area contributed by atoms with Gasteiger partial charge in [0.25, 0.3) is 0 Å². The zero-order valence-electron chi connectivity index (χ0n) is 12.6. The summed E-state index contributed by atoms with van der Waals surface area (Å²) >= 11 is 1.89. The van der Waals surface area contributed by atoms with E-state index in [-0.39, 0.29) is 23.9 Å². The van der Waals surface area contributed by atoms with Gasteiger partial charge >= 0.3 is 6.61 Å². The number of hydrogen-bond donors (Lipinski definition) is 1. The predicted octanol–water partition coefficient (Wildman–Crippen LogP) is 3.05. The first-order valence-corrected chi connectivity index (χ1v) is 8.21. The lowest BCUT2D eigenvalue weighted by atomic mass is 10.2. The van der Waals surface area contributed by atoms with Crippen molar-refractivity contribution >= 4 is 23.4 Å². The summed E-state index contributed by atoms with van der Waals surface area (Å²) in [7, 11) is 0. The summed E-state index contributed by atoms with van der Waals surface area (Å²) in [6.45, 7) is 2.41. The maximum atomic E-state index is 12.4. The highest BCUT2D eigenvalue weighted by Crippen LogP contribution is 2.26. The van der Waals surface area contributed by atoms with E-state index in [1.54, 1.807) is 18.2 Å². The van der Waals surface area contributed by atoms with Crippen LogP contribution in [0.25, 0.3) is 0 Å². The second-order valence-corrected chi connectivity index (χ2v) is 6.69. The molecule has 0 aliphatic carbocycles. The smallest absolute Gasteiger partial charge is 0.387 e. The number of alkyl halides is 2. The molecular weight excluding hydrogens is 310 g/mol. The average molecular weight is 330 g/mol. The van der Waals surface area contributed by atoms with Gasteiger partial charge in [0, 0.05) is 23.6 Å². The molecule has 1 amide bonds. The third-order valence-electron chi connectivity index (χ3n) is 3.74. The molecule has 0 spiro atoms. The number of nitrogens with one attached hydrogen (secondary N) is 1. The zero-order valence-corrected chi connectivity index (χ0v) is 13.4. The van der Waals surface area contributed by atoms with E-state index in [1.165, 1.54) is 6.07 Å². The number of carbonyl (C=O) groups is 1. The minimum Gasteiger partial charge on any atom is -0.433 e. The van der Waals surface area contributed by atoms with Crippen LogP contribution in [0.3, 0.4) is 0 Å². The fourth-order valence-corrected chi connectivity index (χ4v) is 3.52. The fraction of sp³-hybridized carbons (Fsp3) is 0.533. The molecule has 1 aromatic carbocycles. The number of thioether (sulfide) groups is 1. The number of para-hydroxylation sites is 2. The Morgan fingerprint density at radius 2 is 2.18 bits per heavy atom. The summed E-state index contributed by atoms with van der Waals surface area (Å²) in [4.78, 5) is 14.3. The molecule has 0 unspecified atom stereocenters. The van der Waals surface area contributed by atoms with Crippen LogP contribution in [-0.4, -0.2) is 47.6 Å². The highest BCUT2D eigenvalue weighted by molar-refractivity contribution is 8.00. The Labute approximate surface area is 133 Å². The van der Waals surface area contributed by atoms with E-state index < -0.39 is 6.61 Å². The lowest BCUT2D eigenvalue weighted by Crippen LogP contribution is -2.47. The molecule has 7 heteroatoms. The first-order chi connectivity index (χ1) is 10.5. The third-order valence-corrected chi connectivity index (χ3v) is 5.08. The summed E-state index contributed by atoms with van der Waals surface area (Å²) < 4.78 is 29.1. The zero-order chi connectivity index (χ0) is 16.1. The number of halogens is 2. The Hall–Kier alpha value is -1.34. The Kier molecular flexibility index (Phi) is 6.02. The number of hydrogen-bond acceptors (Lipinski definition) is 4. The van der Waals surface area contributed by atoms with Crippen molar-refractivity contribution < 1.29 is 18.3 Å². The Morgan fingerprint density at radius 1 is 1.45 bits per heavy atom. The number of nitrogens with zero attached hydrogens (tertiary/aromatic N) is 1. The standard InChI is InChI=1S/C15H20F2N2O2S/c1-10-11(2)22-8-7-19(10)9-14(20)18-12-5-3-4-6-13(12)21-15(16)17/h3-6,10-11,15H,7-9H2,1-2H3,(H,18,20)/t10-,11+/m1/s1. The lowest BCUT2D eigenvalue weighted by Gasteiger charge is -2.36. The van der Waals surface area contributed by atoms with Crippen LogP contribution in [-0.2, 0) is 4.79 Å². The van der Waals surface area contributed by atoms with Gasteiger partial charge < -0.3 is 10.1 Å². The largest absolute Gasteiger partial charge is 0.433 e. The van der Waals surface area contributed by atoms with Crippen molar-refractivity contribution in [3.63, 3.8) is 0 Å². The SMILES string of the molecule is C[C@@H]1SCCN(CC(=O)Nc2ccccc2OC(F)F)[C@@H]1C. The van der Waals surface area contributed by atoms with E-state index in [9.17, 15) is 13.6 Å². The van der Waals surface area contributed by atoms with Crippen molar-refractivity contribution in [2.24, 2.45) is 0 Å². The number of benzene rings is 1. The van der Waals surface area contributed by atoms with Gasteiger partial charge in [-0.3, -0.25) is 9.69 Å². The highest BCUT2D eigenvalue weighted by atomic mass is 32.2. The van der Waals surface area contributed by atoms with Crippen LogP contribution in [0.15, 0.2) is 24.3 Å². The molecule has 4 nitrogen and oxygen atoms in total. The molecule has 1 N–H and O–H groups in total. The topological polar surface area (TPSA) is 41.6 Å². The minimum atomic E-state index is -2.92. The van der Waals surface area contributed by atoms with Crippen molar-refractivity contribution in [3.8, 4) is 5.75 Å². The van der Waals surface area contributed by atoms with Crippen LogP contribution >= 0.6 is 11.8 Å². The van der Waals surface area contributed by atoms with Crippen LogP contribution in [0.2, 0.25) is 0 Å². The lowest BCUT2D eigenvalue weighted by molar-refractivity contribution is -0.117. The van der Waals surface area contributed by atoms with E-state index in [0.29, 0.717) is 11.3 Å². The summed E-state index contributed by atoms with van der Waals surface area (Å²) in [5, 5.41) is 3.12. The molecule has 2 atom stereocenters. The van der Waals surface area contributed by atoms with Gasteiger partial charge in [0.1, 0.15) is 5.75 Å². The van der Waals surface area contributed by atoms with Crippen molar-refractivity contribution in [1.82, 2.24) is 4.90 Å². The molecule has 1 heterocycles. The second kappa shape index (κ2) is 7.78. The molecule has 1 fully saturated rings. The van der Waals surface area contributed by atoms with E-state index in [2.05, 4.69) is 28.8 Å². The van der Waals surface area contributed by atoms with Gasteiger partial charge in [0.2, 0.25) is 5.91 Å². The van der Waals surface area contributed by atoms with Crippen LogP contribution < -0.4 is 10.1 Å². The first kappa shape index (κ1) is 17.0. The molecule has 0 saturated carbocycles. The monoisotopic (exact) mass is 330 g/mol. The molecule has 122 valence electrons. The van der Waals surface area contributed by atoms with Gasteiger partial charge in [-0.2, -0.15) is 20.5 Å². The maximum Gasteiger partial charge on any atom is 0.387 e. The van der Waals surface area contributed by atoms with Crippen molar-refractivity contribution in [2.75, 3.05) is 24.2 Å². The number of anilines is 1. The summed E-state index contributed by atoms with van der Waals surface area (Å²) in [5.41, 5.74) is 0.264. The molecule has 0 bridgehead atoms. The van der Waals surface area contributed by atoms with Gasteiger partial charge in [-0.25, -0.2) is 0 Å². The second-order valence-electron chi connectivity index (χ2n) is 5.21. The van der Waals surface area contributed by atoms with Crippen LogP contribution in [0.5, 0.6) is 5.75 Å². The van der Waals surface area contributed by atoms with Crippen molar-refractivity contribution in [3.05, 3.63) is 24.3 Å². The van der Waals surface area contributed by atoms with E-state index >= 15 is 0 Å². The molecule has 0 aromatic heterocycles. The van der Waals surface area contributed by atoms with E-state index in [4.69, 9.17) is 0 Å². The van der Waals surface area contributed by atoms with Gasteiger partial charge in [0.05, 0.1) is 12.2 Å². The highest BCUT2D eigenvalue weighted by Gasteiger charge is 2.26. The van der Waals surface area contributed by atoms with Crippen LogP contribution in [0, 0.1) is 0 Å². The number of ether oxygens (including phenoxy) is 1. The normalized spacial score (nSPS) is 22.6. The van der Waals surface area contributed by atoms with Crippen LogP contribution in [0.4, 0.5) is 14.5 Å². The van der Waals surface area contributed by atoms with Crippen LogP contribution in [0.1, 0.15) is 13.8 Å². The first-order valence-electron chi connectivity index (χ1n) is 7.16. The fourth-order valence-electron chi connectivity index (χ4n) is 2.36. The quantitative estimate of drug-likeness (QED) is 0.901. The molecule has 0 radical (unpaired) electrons. The summed E-state index contributed by atoms with van der Waals surface area (Å²) in [5.74, 6) is 0.738. The third kappa shape index (κ3) is 4.58. The number of amides is 1. The molecule has 1 aromatic rings. The number of rotatable bonds is 5. The van der Waals surface area contributed by atoms with Crippen molar-refractivity contribution in [2.45, 2.75) is 31.8 Å². The molecule has 2 rings (SSSR count). The Morgan fingerprint density at radius 3 is 2.91 bits per heavy atom. The average Bonchev–Trinajstić information content (AvgIpc) is 2.45. The summed E-state index contributed by atoms with van der Waals surface area (Å²) in [6.07, 6.45) is 0. The van der Waals surface area contributed by atoms with Gasteiger partial charge in [-0.15, -0.1) is 0 Å². The van der Waals surface area contributed by atoms with E-state index in [1.807, 2.05) is 11.8 Å². The van der Waals surface area contributed by atoms with E-state index in [0.717, 1.165) is 12.3 Å². The molecule has 1 aliphatic heterocycles. The minimum absolute atomic E-state index is 0.0264. The molecule has 1 aliphatic rings. The Bertz CT molecular complexity index is 516. The van der Waals surface area contributed by atoms with Gasteiger partial charge in [-0.1, -0.05) is 19.1 Å². The molecular formula is C15H20F2N2O2S. The maximum absolute atomic E-state index is 12.4. The van der Waals surface area contributed by atoms with Gasteiger partial charge in [0.15, 0.2) is 0 Å². The summed E-state index contributed by atoms with van der Waals surface area (Å²) in [6, 6.07) is 6.50. The van der Waals surface area contributed by atoms with Crippen molar-refractivity contribution in [1.29, 1.82) is 0 Å².